The second-order valence-corrected chi connectivity index (χ2v) is 26.4. The van der Waals surface area contributed by atoms with Crippen LogP contribution in [0, 0.1) is 35.0 Å². The van der Waals surface area contributed by atoms with E-state index in [4.69, 9.17) is 21.6 Å². The number of alkyl halides is 1. The maximum absolute atomic E-state index is 14.6. The quantitative estimate of drug-likeness (QED) is 0.133. The van der Waals surface area contributed by atoms with E-state index < -0.39 is 6.17 Å². The Kier molecular flexibility index (Phi) is 11.0. The van der Waals surface area contributed by atoms with Crippen LogP contribution in [0.4, 0.5) is 15.8 Å². The lowest BCUT2D eigenvalue weighted by Gasteiger charge is -2.45. The van der Waals surface area contributed by atoms with E-state index in [0.717, 1.165) is 130 Å². The maximum Gasteiger partial charge on any atom is 0.233 e. The number of anilines is 2. The summed E-state index contributed by atoms with van der Waals surface area (Å²) >= 11 is 10.4. The number of piperidine rings is 1. The number of fused-ring (bicyclic) bond motifs is 5. The van der Waals surface area contributed by atoms with Gasteiger partial charge in [0.15, 0.2) is 0 Å². The van der Waals surface area contributed by atoms with Crippen LogP contribution < -0.4 is 20.4 Å². The van der Waals surface area contributed by atoms with E-state index in [1.54, 1.807) is 22.7 Å². The number of thiophene rings is 2. The van der Waals surface area contributed by atoms with E-state index in [2.05, 4.69) is 62.9 Å². The molecule has 2 aromatic carbocycles. The second-order valence-electron chi connectivity index (χ2n) is 23.7. The number of rotatable bonds is 9. The smallest absolute Gasteiger partial charge is 0.233 e. The second kappa shape index (κ2) is 17.6. The number of amides is 4. The van der Waals surface area contributed by atoms with Crippen LogP contribution in [0.25, 0.3) is 42.7 Å². The van der Waals surface area contributed by atoms with Crippen molar-refractivity contribution in [2.45, 2.75) is 126 Å². The first-order chi connectivity index (χ1) is 36.9. The third-order valence-corrected chi connectivity index (χ3v) is 21.7. The molecule has 0 bridgehead atoms. The molecule has 0 radical (unpaired) electrons. The molecule has 76 heavy (non-hydrogen) atoms. The standard InChI is InChI=1S/C59H57ClFN9O4S2/c60-36-15-34-14-35(28-68(39-24-59(66-27-39)21-37(61)22-59)53(34)45(16-36)43-7-10-64-48-17-40(75-55(43)48)29-69-50(71)3-4-51(69)72)33-5-8-58(20-33)23-38(26-65-58)67-11-1-2-32-12-31(25-62)13-44(52(32)67)42-6-9-63-49-18-41(76-54(42)49)30-70-56(73)46-19-47(46)57(70)74/h6-7,9-10,12-13,15-18,33,35,37-39,46-47,65-66H,1-5,8,11,14,19-24,26-30H2/t33?,35?,37?,38-,39-,46?,47?,58?,59?/m0/s1. The first-order valence-corrected chi connectivity index (χ1v) is 29.4. The lowest BCUT2D eigenvalue weighted by atomic mass is 9.73. The number of aryl methyl sites for hydroxylation is 1. The third kappa shape index (κ3) is 7.68. The first kappa shape index (κ1) is 47.4. The normalized spacial score (nSPS) is 30.6. The summed E-state index contributed by atoms with van der Waals surface area (Å²) in [7, 11) is 0. The molecule has 4 aromatic heterocycles. The molecule has 10 heterocycles. The van der Waals surface area contributed by atoms with Gasteiger partial charge in [-0.1, -0.05) is 11.6 Å². The van der Waals surface area contributed by atoms with Gasteiger partial charge in [-0.15, -0.1) is 22.7 Å². The molecule has 3 saturated carbocycles. The Morgan fingerprint density at radius 1 is 0.711 bits per heavy atom. The van der Waals surface area contributed by atoms with Gasteiger partial charge in [0.2, 0.25) is 23.6 Å². The van der Waals surface area contributed by atoms with Crippen molar-refractivity contribution in [2.75, 3.05) is 36.0 Å². The Morgan fingerprint density at radius 3 is 2.03 bits per heavy atom. The number of pyridine rings is 2. The molecule has 4 amide bonds. The monoisotopic (exact) mass is 1070 g/mol. The van der Waals surface area contributed by atoms with E-state index >= 15 is 0 Å². The molecule has 3 aliphatic carbocycles. The summed E-state index contributed by atoms with van der Waals surface area (Å²) in [4.78, 5) is 70.7. The van der Waals surface area contributed by atoms with Gasteiger partial charge in [0.25, 0.3) is 0 Å². The van der Waals surface area contributed by atoms with Crippen molar-refractivity contribution in [3.63, 3.8) is 0 Å². The molecule has 7 atom stereocenters. The van der Waals surface area contributed by atoms with Crippen molar-refractivity contribution in [1.82, 2.24) is 30.4 Å². The summed E-state index contributed by atoms with van der Waals surface area (Å²) in [5, 5.41) is 19.0. The van der Waals surface area contributed by atoms with Crippen LogP contribution in [0.15, 0.2) is 60.9 Å². The minimum Gasteiger partial charge on any atom is -0.366 e. The highest BCUT2D eigenvalue weighted by atomic mass is 35.5. The predicted octanol–water partition coefficient (Wildman–Crippen LogP) is 9.48. The van der Waals surface area contributed by atoms with Gasteiger partial charge in [-0.3, -0.25) is 38.9 Å². The van der Waals surface area contributed by atoms with Gasteiger partial charge in [-0.25, -0.2) is 4.39 Å². The Morgan fingerprint density at radius 2 is 1.34 bits per heavy atom. The molecule has 4 saturated heterocycles. The highest BCUT2D eigenvalue weighted by Crippen LogP contribution is 2.54. The van der Waals surface area contributed by atoms with Gasteiger partial charge in [-0.05, 0) is 142 Å². The Balaban J connectivity index is 0.721. The van der Waals surface area contributed by atoms with Crippen LogP contribution in [0.1, 0.15) is 97.1 Å². The lowest BCUT2D eigenvalue weighted by molar-refractivity contribution is -0.142. The largest absolute Gasteiger partial charge is 0.366 e. The van der Waals surface area contributed by atoms with Crippen molar-refractivity contribution in [3.05, 3.63) is 92.4 Å². The molecule has 6 aliphatic heterocycles. The number of hydrogen-bond donors (Lipinski definition) is 2. The number of carbonyl (C=O) groups is 4. The molecule has 13 nitrogen and oxygen atoms in total. The molecular weight excluding hydrogens is 1020 g/mol. The van der Waals surface area contributed by atoms with E-state index in [-0.39, 0.29) is 84.6 Å². The number of nitriles is 1. The molecule has 2 N–H and O–H groups in total. The summed E-state index contributed by atoms with van der Waals surface area (Å²) in [6.45, 7) is 4.01. The Bertz CT molecular complexity index is 3520. The fourth-order valence-electron chi connectivity index (χ4n) is 15.5. The van der Waals surface area contributed by atoms with Gasteiger partial charge in [0.1, 0.15) is 6.17 Å². The molecule has 17 heteroatoms. The molecule has 5 unspecified atom stereocenters. The zero-order valence-electron chi connectivity index (χ0n) is 42.1. The van der Waals surface area contributed by atoms with Crippen LogP contribution in [-0.2, 0) is 45.1 Å². The Hall–Kier alpha value is -5.83. The molecule has 15 rings (SSSR count). The van der Waals surface area contributed by atoms with E-state index in [1.807, 2.05) is 24.5 Å². The lowest BCUT2D eigenvalue weighted by Crippen LogP contribution is -2.52. The number of likely N-dealkylation sites (tertiary alicyclic amines) is 2. The summed E-state index contributed by atoms with van der Waals surface area (Å²) in [6.07, 6.45) is 13.3. The zero-order chi connectivity index (χ0) is 51.4. The number of halogens is 2. The number of hydrogen-bond acceptors (Lipinski definition) is 13. The van der Waals surface area contributed by atoms with E-state index in [9.17, 15) is 28.8 Å². The average Bonchev–Trinajstić information content (AvgIpc) is 4.14. The van der Waals surface area contributed by atoms with E-state index in [0.29, 0.717) is 41.7 Å². The fraction of sp³-hybridized carbons (Fsp3) is 0.475. The van der Waals surface area contributed by atoms with Crippen molar-refractivity contribution in [1.29, 1.82) is 5.26 Å². The minimum absolute atomic E-state index is 0.00716. The van der Waals surface area contributed by atoms with Crippen molar-refractivity contribution < 1.29 is 23.6 Å². The molecule has 388 valence electrons. The van der Waals surface area contributed by atoms with Crippen molar-refractivity contribution in [2.24, 2.45) is 23.7 Å². The van der Waals surface area contributed by atoms with Gasteiger partial charge in [-0.2, -0.15) is 5.26 Å². The van der Waals surface area contributed by atoms with E-state index in [1.165, 1.54) is 32.3 Å². The number of aromatic nitrogens is 2. The summed E-state index contributed by atoms with van der Waals surface area (Å²) in [5.41, 5.74) is 11.2. The fourth-order valence-corrected chi connectivity index (χ4v) is 18.0. The highest BCUT2D eigenvalue weighted by molar-refractivity contribution is 7.20. The molecule has 2 spiro atoms. The maximum atomic E-state index is 14.6. The third-order valence-electron chi connectivity index (χ3n) is 19.1. The zero-order valence-corrected chi connectivity index (χ0v) is 44.5. The average molecular weight is 1070 g/mol. The number of carbonyl (C=O) groups excluding carboxylic acids is 4. The number of imide groups is 2. The molecule has 9 aliphatic rings. The summed E-state index contributed by atoms with van der Waals surface area (Å²) in [6, 6.07) is 19.5. The number of nitrogens with zero attached hydrogens (tertiary/aromatic N) is 7. The SMILES string of the molecule is N#Cc1cc2c(c(-c3ccnc4cc(CN5C(=O)C6CC6C5=O)sc34)c1)N([C@@H]1CNC3(CCC(C4Cc5cc(Cl)cc(-c6ccnc7cc(CN8C(=O)CCC8=O)sc67)c5N([C@@H]5CNC6(CC(F)C6)C5)C4)C3)C1)CCC2. The van der Waals surface area contributed by atoms with Crippen LogP contribution in [0.3, 0.4) is 0 Å². The van der Waals surface area contributed by atoms with Crippen molar-refractivity contribution >= 4 is 89.7 Å². The summed E-state index contributed by atoms with van der Waals surface area (Å²) < 4.78 is 16.6. The van der Waals surface area contributed by atoms with Gasteiger partial charge in [0.05, 0.1) is 57.0 Å². The van der Waals surface area contributed by atoms with Crippen LogP contribution in [0.2, 0.25) is 5.02 Å². The first-order valence-electron chi connectivity index (χ1n) is 27.4. The Labute approximate surface area is 452 Å². The highest BCUT2D eigenvalue weighted by Gasteiger charge is 2.59. The van der Waals surface area contributed by atoms with Crippen LogP contribution in [0.5, 0.6) is 0 Å². The molecule has 6 aromatic rings. The topological polar surface area (TPSA) is 155 Å². The minimum atomic E-state index is -0.762. The van der Waals surface area contributed by atoms with Gasteiger partial charge in [0, 0.05) is 123 Å². The van der Waals surface area contributed by atoms with Crippen molar-refractivity contribution in [3.8, 4) is 28.3 Å². The van der Waals surface area contributed by atoms with Crippen LogP contribution >= 0.6 is 34.3 Å². The molecule has 7 fully saturated rings. The predicted molar refractivity (Wildman–Crippen MR) is 292 cm³/mol. The van der Waals surface area contributed by atoms with Gasteiger partial charge >= 0.3 is 0 Å². The summed E-state index contributed by atoms with van der Waals surface area (Å²) in [5.74, 6) is 0.227. The van der Waals surface area contributed by atoms with Gasteiger partial charge < -0.3 is 20.4 Å². The molecular formula is C59H57ClFN9O4S2. The number of benzene rings is 2. The number of nitrogens with one attached hydrogen (secondary N) is 2. The van der Waals surface area contributed by atoms with Crippen LogP contribution in [-0.4, -0.2) is 98.9 Å².